The van der Waals surface area contributed by atoms with Crippen LogP contribution in [0.5, 0.6) is 0 Å². The number of hydrogen-bond acceptors (Lipinski definition) is 3. The van der Waals surface area contributed by atoms with E-state index < -0.39 is 30.0 Å². The van der Waals surface area contributed by atoms with E-state index in [0.717, 1.165) is 5.56 Å². The summed E-state index contributed by atoms with van der Waals surface area (Å²) in [6.07, 6.45) is 2.40. The van der Waals surface area contributed by atoms with Gasteiger partial charge in [0.15, 0.2) is 0 Å². The second kappa shape index (κ2) is 5.29. The number of amides is 1. The van der Waals surface area contributed by atoms with Crippen LogP contribution in [0, 0.1) is 17.7 Å². The highest BCUT2D eigenvalue weighted by Crippen LogP contribution is 2.39. The summed E-state index contributed by atoms with van der Waals surface area (Å²) < 4.78 is 18.2. The second-order valence-corrected chi connectivity index (χ2v) is 5.18. The zero-order chi connectivity index (χ0) is 15.0. The van der Waals surface area contributed by atoms with Gasteiger partial charge in [-0.05, 0) is 17.7 Å². The maximum atomic E-state index is 12.8. The van der Waals surface area contributed by atoms with E-state index in [1.807, 2.05) is 0 Å². The molecule has 5 nitrogen and oxygen atoms in total. The quantitative estimate of drug-likeness (QED) is 0.814. The third-order valence-corrected chi connectivity index (χ3v) is 3.87. The van der Waals surface area contributed by atoms with Gasteiger partial charge >= 0.3 is 5.97 Å². The molecule has 0 saturated carbocycles. The molecular weight excluding hydrogens is 277 g/mol. The lowest BCUT2D eigenvalue weighted by molar-refractivity contribution is -0.146. The molecule has 0 aliphatic carbocycles. The molecule has 1 saturated heterocycles. The molecule has 2 heterocycles. The molecule has 1 fully saturated rings. The Labute approximate surface area is 120 Å². The Balaban J connectivity index is 1.66. The van der Waals surface area contributed by atoms with Gasteiger partial charge < -0.3 is 15.2 Å². The van der Waals surface area contributed by atoms with E-state index in [1.54, 1.807) is 24.3 Å². The van der Waals surface area contributed by atoms with Gasteiger partial charge in [0.05, 0.1) is 18.1 Å². The monoisotopic (exact) mass is 291 g/mol. The number of ether oxygens (including phenoxy) is 1. The molecule has 2 N–H and O–H groups in total. The summed E-state index contributed by atoms with van der Waals surface area (Å²) in [6.45, 7) is 0.225. The van der Waals surface area contributed by atoms with Crippen LogP contribution < -0.4 is 5.32 Å². The number of carbonyl (C=O) groups is 2. The molecule has 1 aromatic carbocycles. The van der Waals surface area contributed by atoms with E-state index in [1.165, 1.54) is 12.1 Å². The van der Waals surface area contributed by atoms with Gasteiger partial charge in [-0.1, -0.05) is 24.3 Å². The van der Waals surface area contributed by atoms with Crippen molar-refractivity contribution in [1.29, 1.82) is 0 Å². The molecule has 1 amide bonds. The van der Waals surface area contributed by atoms with Crippen LogP contribution in [0.4, 0.5) is 4.39 Å². The van der Waals surface area contributed by atoms with E-state index in [-0.39, 0.29) is 18.3 Å². The molecule has 1 aromatic rings. The first kappa shape index (κ1) is 13.8. The smallest absolute Gasteiger partial charge is 0.310 e. The Kier molecular flexibility index (Phi) is 3.47. The zero-order valence-corrected chi connectivity index (χ0v) is 11.0. The number of hydrogen-bond donors (Lipinski definition) is 2. The molecule has 2 aliphatic rings. The molecule has 0 aromatic heterocycles. The number of benzene rings is 1. The van der Waals surface area contributed by atoms with Crippen molar-refractivity contribution in [3.05, 3.63) is 47.8 Å². The lowest BCUT2D eigenvalue weighted by Crippen LogP contribution is -2.42. The topological polar surface area (TPSA) is 75.6 Å². The van der Waals surface area contributed by atoms with Gasteiger partial charge in [-0.25, -0.2) is 4.39 Å². The highest BCUT2D eigenvalue weighted by Gasteiger charge is 2.53. The normalized spacial score (nSPS) is 29.6. The van der Waals surface area contributed by atoms with Crippen LogP contribution in [0.2, 0.25) is 0 Å². The molecule has 4 atom stereocenters. The summed E-state index contributed by atoms with van der Waals surface area (Å²) in [6, 6.07) is 5.76. The van der Waals surface area contributed by atoms with Gasteiger partial charge in [-0.2, -0.15) is 0 Å². The van der Waals surface area contributed by atoms with E-state index in [2.05, 4.69) is 5.32 Å². The molecular formula is C15H14FNO4. The first-order valence-corrected chi connectivity index (χ1v) is 6.65. The van der Waals surface area contributed by atoms with Crippen LogP contribution in [0.25, 0.3) is 0 Å². The summed E-state index contributed by atoms with van der Waals surface area (Å²) in [4.78, 5) is 23.5. The number of carbonyl (C=O) groups excluding carboxylic acids is 1. The number of aliphatic carboxylic acids is 1. The lowest BCUT2D eigenvalue weighted by Gasteiger charge is -2.21. The minimum absolute atomic E-state index is 0.225. The molecule has 2 aliphatic heterocycles. The molecule has 3 rings (SSSR count). The molecule has 21 heavy (non-hydrogen) atoms. The molecule has 0 spiro atoms. The first-order valence-electron chi connectivity index (χ1n) is 6.65. The highest BCUT2D eigenvalue weighted by molar-refractivity contribution is 5.87. The van der Waals surface area contributed by atoms with E-state index >= 15 is 0 Å². The van der Waals surface area contributed by atoms with Crippen LogP contribution in [0.3, 0.4) is 0 Å². The van der Waals surface area contributed by atoms with E-state index in [4.69, 9.17) is 4.74 Å². The Bertz CT molecular complexity index is 598. The van der Waals surface area contributed by atoms with Crippen molar-refractivity contribution in [2.24, 2.45) is 11.8 Å². The maximum absolute atomic E-state index is 12.8. The fraction of sp³-hybridized carbons (Fsp3) is 0.333. The van der Waals surface area contributed by atoms with Crippen molar-refractivity contribution < 1.29 is 23.8 Å². The molecule has 0 unspecified atom stereocenters. The SMILES string of the molecule is O=C(O)[C@@H]1[C@@H](C(=O)NCc2ccc(F)cc2)[C@H]2C=C[C@H]1O2. The van der Waals surface area contributed by atoms with Gasteiger partial charge in [0, 0.05) is 6.54 Å². The van der Waals surface area contributed by atoms with Crippen LogP contribution in [0.15, 0.2) is 36.4 Å². The van der Waals surface area contributed by atoms with Gasteiger partial charge in [-0.15, -0.1) is 0 Å². The van der Waals surface area contributed by atoms with Crippen molar-refractivity contribution in [2.75, 3.05) is 0 Å². The Hall–Kier alpha value is -2.21. The molecule has 110 valence electrons. The van der Waals surface area contributed by atoms with Crippen molar-refractivity contribution >= 4 is 11.9 Å². The third-order valence-electron chi connectivity index (χ3n) is 3.87. The number of rotatable bonds is 4. The van der Waals surface area contributed by atoms with E-state index in [9.17, 15) is 19.1 Å². The van der Waals surface area contributed by atoms with Gasteiger partial charge in [0.2, 0.25) is 5.91 Å². The third kappa shape index (κ3) is 2.54. The average molecular weight is 291 g/mol. The minimum atomic E-state index is -1.03. The van der Waals surface area contributed by atoms with Gasteiger partial charge in [-0.3, -0.25) is 9.59 Å². The number of halogens is 1. The number of carboxylic acid groups (broad SMARTS) is 1. The molecule has 2 bridgehead atoms. The summed E-state index contributed by atoms with van der Waals surface area (Å²) in [5.41, 5.74) is 0.747. The predicted octanol–water partition coefficient (Wildman–Crippen LogP) is 1.10. The predicted molar refractivity (Wildman–Crippen MR) is 70.7 cm³/mol. The van der Waals surface area contributed by atoms with Gasteiger partial charge in [0.25, 0.3) is 0 Å². The van der Waals surface area contributed by atoms with Crippen LogP contribution in [-0.2, 0) is 20.9 Å². The largest absolute Gasteiger partial charge is 0.481 e. The average Bonchev–Trinajstić information content (AvgIpc) is 3.06. The Morgan fingerprint density at radius 3 is 2.38 bits per heavy atom. The fourth-order valence-electron chi connectivity index (χ4n) is 2.82. The number of carboxylic acids is 1. The summed E-state index contributed by atoms with van der Waals surface area (Å²) in [5, 5.41) is 11.9. The zero-order valence-electron chi connectivity index (χ0n) is 11.0. The van der Waals surface area contributed by atoms with Crippen molar-refractivity contribution in [2.45, 2.75) is 18.8 Å². The summed E-state index contributed by atoms with van der Waals surface area (Å²) in [5.74, 6) is -3.31. The van der Waals surface area contributed by atoms with Crippen molar-refractivity contribution in [1.82, 2.24) is 5.32 Å². The van der Waals surface area contributed by atoms with Crippen LogP contribution in [-0.4, -0.2) is 29.2 Å². The van der Waals surface area contributed by atoms with E-state index in [0.29, 0.717) is 0 Å². The number of fused-ring (bicyclic) bond motifs is 2. The molecule has 0 radical (unpaired) electrons. The van der Waals surface area contributed by atoms with Crippen molar-refractivity contribution in [3.63, 3.8) is 0 Å². The Morgan fingerprint density at radius 2 is 1.76 bits per heavy atom. The lowest BCUT2D eigenvalue weighted by atomic mass is 9.82. The maximum Gasteiger partial charge on any atom is 0.310 e. The molecule has 6 heteroatoms. The standard InChI is InChI=1S/C15H14FNO4/c16-9-3-1-8(2-4-9)7-17-14(18)12-10-5-6-11(21-10)13(12)15(19)20/h1-6,10-13H,7H2,(H,17,18)(H,19,20)/t10-,11-,12+,13+/m1/s1. The van der Waals surface area contributed by atoms with Gasteiger partial charge in [0.1, 0.15) is 11.7 Å². The number of nitrogens with one attached hydrogen (secondary N) is 1. The Morgan fingerprint density at radius 1 is 1.14 bits per heavy atom. The first-order chi connectivity index (χ1) is 10.1. The van der Waals surface area contributed by atoms with Crippen LogP contribution in [0.1, 0.15) is 5.56 Å². The van der Waals surface area contributed by atoms with Crippen LogP contribution >= 0.6 is 0 Å². The minimum Gasteiger partial charge on any atom is -0.481 e. The highest BCUT2D eigenvalue weighted by atomic mass is 19.1. The summed E-state index contributed by atoms with van der Waals surface area (Å²) >= 11 is 0. The second-order valence-electron chi connectivity index (χ2n) is 5.18. The fourth-order valence-corrected chi connectivity index (χ4v) is 2.82. The summed E-state index contributed by atoms with van der Waals surface area (Å²) in [7, 11) is 0. The van der Waals surface area contributed by atoms with Crippen molar-refractivity contribution in [3.8, 4) is 0 Å².